The second-order valence-electron chi connectivity index (χ2n) is 7.17. The van der Waals surface area contributed by atoms with Crippen molar-refractivity contribution in [3.05, 3.63) is 64.4 Å². The Kier molecular flexibility index (Phi) is 7.63. The van der Waals surface area contributed by atoms with E-state index in [4.69, 9.17) is 0 Å². The van der Waals surface area contributed by atoms with Crippen LogP contribution in [0.1, 0.15) is 42.9 Å². The van der Waals surface area contributed by atoms with Crippen molar-refractivity contribution in [3.63, 3.8) is 0 Å². The molecule has 1 heterocycles. The minimum absolute atomic E-state index is 0.0716. The molecule has 6 nitrogen and oxygen atoms in total. The lowest BCUT2D eigenvalue weighted by Gasteiger charge is -2.22. The topological polar surface area (TPSA) is 67.2 Å². The van der Waals surface area contributed by atoms with Gasteiger partial charge in [-0.05, 0) is 49.2 Å². The van der Waals surface area contributed by atoms with Crippen molar-refractivity contribution in [1.82, 2.24) is 19.8 Å². The van der Waals surface area contributed by atoms with E-state index in [-0.39, 0.29) is 24.9 Å². The maximum atomic E-state index is 13.0. The Hall–Kier alpha value is -2.67. The number of para-hydroxylation sites is 2. The van der Waals surface area contributed by atoms with E-state index in [2.05, 4.69) is 40.1 Å². The quantitative estimate of drug-likeness (QED) is 0.504. The number of carbonyl (C=O) groups is 2. The summed E-state index contributed by atoms with van der Waals surface area (Å²) in [5.41, 5.74) is 2.29. The summed E-state index contributed by atoms with van der Waals surface area (Å²) < 4.78 is 2.83. The molecule has 0 saturated carbocycles. The van der Waals surface area contributed by atoms with Crippen LogP contribution in [0, 0.1) is 0 Å². The predicted molar refractivity (Wildman–Crippen MR) is 122 cm³/mol. The molecule has 0 aliphatic rings. The first-order chi connectivity index (χ1) is 14.5. The molecular weight excluding hydrogens is 444 g/mol. The van der Waals surface area contributed by atoms with Crippen LogP contribution in [0.25, 0.3) is 11.0 Å². The molecule has 0 saturated heterocycles. The minimum atomic E-state index is -0.175. The van der Waals surface area contributed by atoms with Crippen molar-refractivity contribution in [2.24, 2.45) is 0 Å². The second kappa shape index (κ2) is 10.4. The van der Waals surface area contributed by atoms with Gasteiger partial charge in [-0.15, -0.1) is 0 Å². The Balaban J connectivity index is 1.81. The summed E-state index contributed by atoms with van der Waals surface area (Å²) in [7, 11) is 0. The molecule has 30 heavy (non-hydrogen) atoms. The van der Waals surface area contributed by atoms with Gasteiger partial charge in [-0.1, -0.05) is 41.9 Å². The van der Waals surface area contributed by atoms with Gasteiger partial charge in [-0.25, -0.2) is 4.98 Å². The SMILES string of the molecule is CCCN(CCC)C(=O)Cn1c(CNC(=O)c2ccc(Br)cc2)nc2ccccc21. The molecule has 0 bridgehead atoms. The van der Waals surface area contributed by atoms with E-state index < -0.39 is 0 Å². The summed E-state index contributed by atoms with van der Waals surface area (Å²) in [5.74, 6) is 0.566. The van der Waals surface area contributed by atoms with Crippen LogP contribution in [0.2, 0.25) is 0 Å². The summed E-state index contributed by atoms with van der Waals surface area (Å²) in [4.78, 5) is 32.0. The van der Waals surface area contributed by atoms with Crippen molar-refractivity contribution >= 4 is 38.8 Å². The van der Waals surface area contributed by atoms with E-state index in [0.29, 0.717) is 11.4 Å². The van der Waals surface area contributed by atoms with E-state index in [1.165, 1.54) is 0 Å². The van der Waals surface area contributed by atoms with Gasteiger partial charge in [0.1, 0.15) is 12.4 Å². The zero-order valence-electron chi connectivity index (χ0n) is 17.4. The average Bonchev–Trinajstić information content (AvgIpc) is 3.09. The van der Waals surface area contributed by atoms with Gasteiger partial charge >= 0.3 is 0 Å². The minimum Gasteiger partial charge on any atom is -0.345 e. The third-order valence-electron chi connectivity index (χ3n) is 4.88. The summed E-state index contributed by atoms with van der Waals surface area (Å²) in [6, 6.07) is 14.9. The molecule has 0 radical (unpaired) electrons. The smallest absolute Gasteiger partial charge is 0.251 e. The summed E-state index contributed by atoms with van der Waals surface area (Å²) in [6.07, 6.45) is 1.85. The Bertz CT molecular complexity index is 1010. The van der Waals surface area contributed by atoms with E-state index in [1.54, 1.807) is 12.1 Å². The number of fused-ring (bicyclic) bond motifs is 1. The van der Waals surface area contributed by atoms with E-state index >= 15 is 0 Å². The van der Waals surface area contributed by atoms with Crippen molar-refractivity contribution in [1.29, 1.82) is 0 Å². The molecule has 1 aromatic heterocycles. The number of hydrogen-bond acceptors (Lipinski definition) is 3. The normalized spacial score (nSPS) is 10.9. The maximum Gasteiger partial charge on any atom is 0.251 e. The number of nitrogens with zero attached hydrogens (tertiary/aromatic N) is 3. The second-order valence-corrected chi connectivity index (χ2v) is 8.09. The predicted octanol–water partition coefficient (Wildman–Crippen LogP) is 4.38. The molecule has 0 aliphatic carbocycles. The highest BCUT2D eigenvalue weighted by Crippen LogP contribution is 2.17. The highest BCUT2D eigenvalue weighted by Gasteiger charge is 2.18. The lowest BCUT2D eigenvalue weighted by atomic mass is 10.2. The molecule has 3 aromatic rings. The average molecular weight is 471 g/mol. The van der Waals surface area contributed by atoms with Crippen LogP contribution in [0.4, 0.5) is 0 Å². The molecule has 7 heteroatoms. The Morgan fingerprint density at radius 3 is 2.37 bits per heavy atom. The molecule has 2 aromatic carbocycles. The van der Waals surface area contributed by atoms with Crippen LogP contribution < -0.4 is 5.32 Å². The molecular formula is C23H27BrN4O2. The number of amides is 2. The Labute approximate surface area is 185 Å². The third kappa shape index (κ3) is 5.27. The van der Waals surface area contributed by atoms with Gasteiger partial charge in [-0.3, -0.25) is 9.59 Å². The highest BCUT2D eigenvalue weighted by molar-refractivity contribution is 9.10. The molecule has 3 rings (SSSR count). The number of carbonyl (C=O) groups excluding carboxylic acids is 2. The monoisotopic (exact) mass is 470 g/mol. The first-order valence-corrected chi connectivity index (χ1v) is 11.1. The Morgan fingerprint density at radius 1 is 1.03 bits per heavy atom. The lowest BCUT2D eigenvalue weighted by molar-refractivity contribution is -0.131. The summed E-state index contributed by atoms with van der Waals surface area (Å²) >= 11 is 3.38. The van der Waals surface area contributed by atoms with Crippen molar-refractivity contribution in [3.8, 4) is 0 Å². The molecule has 0 atom stereocenters. The van der Waals surface area contributed by atoms with Crippen LogP contribution in [-0.4, -0.2) is 39.4 Å². The third-order valence-corrected chi connectivity index (χ3v) is 5.41. The first-order valence-electron chi connectivity index (χ1n) is 10.3. The number of hydrogen-bond donors (Lipinski definition) is 1. The van der Waals surface area contributed by atoms with Gasteiger partial charge in [0, 0.05) is 23.1 Å². The van der Waals surface area contributed by atoms with E-state index in [9.17, 15) is 9.59 Å². The summed E-state index contributed by atoms with van der Waals surface area (Å²) in [6.45, 7) is 6.10. The standard InChI is InChI=1S/C23H27BrN4O2/c1-3-13-27(14-4-2)22(29)16-28-20-8-6-5-7-19(20)26-21(28)15-25-23(30)17-9-11-18(24)12-10-17/h5-12H,3-4,13-16H2,1-2H3,(H,25,30). The first kappa shape index (κ1) is 22.0. The van der Waals surface area contributed by atoms with Gasteiger partial charge < -0.3 is 14.8 Å². The van der Waals surface area contributed by atoms with E-state index in [1.807, 2.05) is 45.9 Å². The molecule has 0 spiro atoms. The van der Waals surface area contributed by atoms with Gasteiger partial charge in [-0.2, -0.15) is 0 Å². The Morgan fingerprint density at radius 2 is 1.70 bits per heavy atom. The van der Waals surface area contributed by atoms with Crippen LogP contribution in [0.15, 0.2) is 53.0 Å². The largest absolute Gasteiger partial charge is 0.345 e. The molecule has 0 unspecified atom stereocenters. The van der Waals surface area contributed by atoms with Crippen LogP contribution in [-0.2, 0) is 17.9 Å². The molecule has 158 valence electrons. The van der Waals surface area contributed by atoms with Crippen molar-refractivity contribution in [2.45, 2.75) is 39.8 Å². The van der Waals surface area contributed by atoms with Gasteiger partial charge in [0.05, 0.1) is 17.6 Å². The van der Waals surface area contributed by atoms with Gasteiger partial charge in [0.15, 0.2) is 0 Å². The fraction of sp³-hybridized carbons (Fsp3) is 0.348. The molecule has 0 aliphatic heterocycles. The molecule has 2 amide bonds. The number of aromatic nitrogens is 2. The molecule has 0 fully saturated rings. The fourth-order valence-electron chi connectivity index (χ4n) is 3.44. The van der Waals surface area contributed by atoms with Crippen molar-refractivity contribution < 1.29 is 9.59 Å². The maximum absolute atomic E-state index is 13.0. The van der Waals surface area contributed by atoms with E-state index in [0.717, 1.165) is 41.4 Å². The fourth-order valence-corrected chi connectivity index (χ4v) is 3.70. The van der Waals surface area contributed by atoms with Gasteiger partial charge in [0.2, 0.25) is 5.91 Å². The van der Waals surface area contributed by atoms with Crippen LogP contribution in [0.3, 0.4) is 0 Å². The molecule has 1 N–H and O–H groups in total. The number of nitrogens with one attached hydrogen (secondary N) is 1. The van der Waals surface area contributed by atoms with Gasteiger partial charge in [0.25, 0.3) is 5.91 Å². The highest BCUT2D eigenvalue weighted by atomic mass is 79.9. The van der Waals surface area contributed by atoms with Crippen molar-refractivity contribution in [2.75, 3.05) is 13.1 Å². The number of benzene rings is 2. The van der Waals surface area contributed by atoms with Crippen LogP contribution in [0.5, 0.6) is 0 Å². The number of imidazole rings is 1. The lowest BCUT2D eigenvalue weighted by Crippen LogP contribution is -2.35. The van der Waals surface area contributed by atoms with Crippen LogP contribution >= 0.6 is 15.9 Å². The number of halogens is 1. The summed E-state index contributed by atoms with van der Waals surface area (Å²) in [5, 5.41) is 2.93. The zero-order chi connectivity index (χ0) is 21.5. The number of rotatable bonds is 9. The zero-order valence-corrected chi connectivity index (χ0v) is 19.0.